The molecule has 0 aromatic rings. The van der Waals surface area contributed by atoms with Gasteiger partial charge in [-0.1, -0.05) is 18.0 Å². The Hall–Kier alpha value is -0.810. The molecular formula is C11H23N3O2. The second-order valence-electron chi connectivity index (χ2n) is 4.53. The summed E-state index contributed by atoms with van der Waals surface area (Å²) in [5.41, 5.74) is 5.37. The first-order valence-electron chi connectivity index (χ1n) is 6.06. The van der Waals surface area contributed by atoms with Crippen molar-refractivity contribution in [2.24, 2.45) is 22.7 Å². The molecule has 1 saturated carbocycles. The average Bonchev–Trinajstić information content (AvgIpc) is 2.34. The van der Waals surface area contributed by atoms with E-state index in [0.29, 0.717) is 24.9 Å². The molecule has 5 nitrogen and oxygen atoms in total. The van der Waals surface area contributed by atoms with E-state index in [2.05, 4.69) is 10.5 Å². The van der Waals surface area contributed by atoms with Crippen molar-refractivity contribution in [1.29, 1.82) is 0 Å². The number of amidine groups is 1. The van der Waals surface area contributed by atoms with E-state index in [1.807, 2.05) is 0 Å². The molecule has 0 spiro atoms. The topological polar surface area (TPSA) is 90.9 Å². The summed E-state index contributed by atoms with van der Waals surface area (Å²) >= 11 is 0. The van der Waals surface area contributed by atoms with Crippen LogP contribution in [0.25, 0.3) is 0 Å². The number of nitrogens with zero attached hydrogens (tertiary/aromatic N) is 1. The second-order valence-corrected chi connectivity index (χ2v) is 4.53. The van der Waals surface area contributed by atoms with E-state index in [0.717, 1.165) is 19.5 Å². The molecular weight excluding hydrogens is 206 g/mol. The Kier molecular flexibility index (Phi) is 6.18. The number of nitrogens with one attached hydrogen (secondary N) is 1. The number of oxime groups is 1. The van der Waals surface area contributed by atoms with Crippen LogP contribution in [0.3, 0.4) is 0 Å². The van der Waals surface area contributed by atoms with E-state index < -0.39 is 0 Å². The summed E-state index contributed by atoms with van der Waals surface area (Å²) in [6.07, 6.45) is 5.41. The van der Waals surface area contributed by atoms with Gasteiger partial charge >= 0.3 is 0 Å². The minimum atomic E-state index is 0.259. The van der Waals surface area contributed by atoms with Gasteiger partial charge in [0.1, 0.15) is 5.84 Å². The molecule has 1 aliphatic carbocycles. The highest BCUT2D eigenvalue weighted by molar-refractivity contribution is 5.79. The first kappa shape index (κ1) is 13.3. The molecule has 0 aromatic carbocycles. The Labute approximate surface area is 96.7 Å². The van der Waals surface area contributed by atoms with Gasteiger partial charge in [-0.3, -0.25) is 0 Å². The maximum absolute atomic E-state index is 9.24. The molecule has 1 fully saturated rings. The summed E-state index contributed by atoms with van der Waals surface area (Å²) in [6, 6.07) is 0. The summed E-state index contributed by atoms with van der Waals surface area (Å²) in [5.74, 6) is 1.28. The largest absolute Gasteiger partial charge is 0.409 e. The summed E-state index contributed by atoms with van der Waals surface area (Å²) in [6.45, 7) is 1.95. The molecule has 5 N–H and O–H groups in total. The molecule has 0 radical (unpaired) electrons. The summed E-state index contributed by atoms with van der Waals surface area (Å²) in [7, 11) is 0. The van der Waals surface area contributed by atoms with Crippen LogP contribution in [0.1, 0.15) is 32.1 Å². The van der Waals surface area contributed by atoms with Crippen molar-refractivity contribution >= 4 is 5.84 Å². The van der Waals surface area contributed by atoms with Crippen LogP contribution in [0, 0.1) is 11.8 Å². The van der Waals surface area contributed by atoms with Gasteiger partial charge in [-0.2, -0.15) is 0 Å². The zero-order chi connectivity index (χ0) is 11.8. The highest BCUT2D eigenvalue weighted by atomic mass is 16.4. The third kappa shape index (κ3) is 4.37. The second kappa shape index (κ2) is 7.46. The zero-order valence-corrected chi connectivity index (χ0v) is 9.73. The molecule has 94 valence electrons. The lowest BCUT2D eigenvalue weighted by Gasteiger charge is -2.30. The highest BCUT2D eigenvalue weighted by Gasteiger charge is 2.23. The lowest BCUT2D eigenvalue weighted by atomic mass is 9.79. The van der Waals surface area contributed by atoms with E-state index in [-0.39, 0.29) is 5.84 Å². The van der Waals surface area contributed by atoms with E-state index in [4.69, 9.17) is 10.9 Å². The van der Waals surface area contributed by atoms with Crippen LogP contribution < -0.4 is 11.1 Å². The summed E-state index contributed by atoms with van der Waals surface area (Å²) < 4.78 is 0. The molecule has 16 heavy (non-hydrogen) atoms. The van der Waals surface area contributed by atoms with Gasteiger partial charge in [-0.05, 0) is 31.2 Å². The first-order valence-corrected chi connectivity index (χ1v) is 6.06. The van der Waals surface area contributed by atoms with Gasteiger partial charge in [0.15, 0.2) is 0 Å². The Morgan fingerprint density at radius 2 is 2.00 bits per heavy atom. The predicted octanol–water partition coefficient (Wildman–Crippen LogP) is 0.511. The van der Waals surface area contributed by atoms with Gasteiger partial charge in [0.25, 0.3) is 0 Å². The molecule has 0 bridgehead atoms. The van der Waals surface area contributed by atoms with E-state index >= 15 is 0 Å². The number of aliphatic hydroxyl groups is 1. The normalized spacial score (nSPS) is 26.9. The lowest BCUT2D eigenvalue weighted by Crippen LogP contribution is -2.33. The monoisotopic (exact) mass is 229 g/mol. The van der Waals surface area contributed by atoms with Crippen molar-refractivity contribution in [3.05, 3.63) is 0 Å². The number of hydrogen-bond donors (Lipinski definition) is 4. The van der Waals surface area contributed by atoms with E-state index in [9.17, 15) is 5.11 Å². The maximum atomic E-state index is 9.24. The summed E-state index contributed by atoms with van der Waals surface area (Å²) in [4.78, 5) is 0. The van der Waals surface area contributed by atoms with Crippen molar-refractivity contribution in [2.75, 3.05) is 19.7 Å². The predicted molar refractivity (Wildman–Crippen MR) is 63.4 cm³/mol. The fourth-order valence-electron chi connectivity index (χ4n) is 2.35. The van der Waals surface area contributed by atoms with Crippen molar-refractivity contribution in [1.82, 2.24) is 5.32 Å². The third-order valence-corrected chi connectivity index (χ3v) is 3.39. The van der Waals surface area contributed by atoms with Crippen LogP contribution in [0.5, 0.6) is 0 Å². The minimum absolute atomic E-state index is 0.259. The zero-order valence-electron chi connectivity index (χ0n) is 9.73. The Morgan fingerprint density at radius 1 is 1.31 bits per heavy atom. The Bertz CT molecular complexity index is 221. The standard InChI is InChI=1S/C11H23N3O2/c12-11(14-16)5-6-13-7-9-3-1-2-4-10(9)8-15/h9-10,13,15-16H,1-8H2,(H2,12,14). The van der Waals surface area contributed by atoms with Crippen molar-refractivity contribution in [2.45, 2.75) is 32.1 Å². The van der Waals surface area contributed by atoms with Gasteiger partial charge in [0.2, 0.25) is 0 Å². The maximum Gasteiger partial charge on any atom is 0.140 e. The van der Waals surface area contributed by atoms with Crippen LogP contribution in [0.2, 0.25) is 0 Å². The fourth-order valence-corrected chi connectivity index (χ4v) is 2.35. The SMILES string of the molecule is NC(CCNCC1CCCCC1CO)=NO. The summed E-state index contributed by atoms with van der Waals surface area (Å²) in [5, 5.41) is 23.8. The number of hydrogen-bond acceptors (Lipinski definition) is 4. The molecule has 2 atom stereocenters. The van der Waals surface area contributed by atoms with Crippen LogP contribution in [-0.2, 0) is 0 Å². The van der Waals surface area contributed by atoms with E-state index in [1.165, 1.54) is 19.3 Å². The van der Waals surface area contributed by atoms with Gasteiger partial charge < -0.3 is 21.4 Å². The van der Waals surface area contributed by atoms with Crippen molar-refractivity contribution in [3.8, 4) is 0 Å². The Balaban J connectivity index is 2.15. The fraction of sp³-hybridized carbons (Fsp3) is 0.909. The van der Waals surface area contributed by atoms with Gasteiger partial charge in [0, 0.05) is 19.6 Å². The van der Waals surface area contributed by atoms with Crippen molar-refractivity contribution in [3.63, 3.8) is 0 Å². The first-order chi connectivity index (χ1) is 7.77. The number of rotatable bonds is 6. The molecule has 0 amide bonds. The van der Waals surface area contributed by atoms with Crippen LogP contribution in [0.4, 0.5) is 0 Å². The van der Waals surface area contributed by atoms with Gasteiger partial charge in [0.05, 0.1) is 0 Å². The van der Waals surface area contributed by atoms with Crippen LogP contribution >= 0.6 is 0 Å². The quantitative estimate of drug-likeness (QED) is 0.176. The number of nitrogens with two attached hydrogens (primary N) is 1. The molecule has 2 unspecified atom stereocenters. The third-order valence-electron chi connectivity index (χ3n) is 3.39. The van der Waals surface area contributed by atoms with Crippen molar-refractivity contribution < 1.29 is 10.3 Å². The molecule has 1 rings (SSSR count). The van der Waals surface area contributed by atoms with Gasteiger partial charge in [-0.15, -0.1) is 0 Å². The smallest absolute Gasteiger partial charge is 0.140 e. The minimum Gasteiger partial charge on any atom is -0.409 e. The lowest BCUT2D eigenvalue weighted by molar-refractivity contribution is 0.133. The Morgan fingerprint density at radius 3 is 2.62 bits per heavy atom. The van der Waals surface area contributed by atoms with Crippen LogP contribution in [-0.4, -0.2) is 35.8 Å². The molecule has 0 heterocycles. The molecule has 0 saturated heterocycles. The molecule has 0 aliphatic heterocycles. The average molecular weight is 229 g/mol. The molecule has 0 aromatic heterocycles. The highest BCUT2D eigenvalue weighted by Crippen LogP contribution is 2.28. The molecule has 5 heteroatoms. The van der Waals surface area contributed by atoms with E-state index in [1.54, 1.807) is 0 Å². The van der Waals surface area contributed by atoms with Crippen LogP contribution in [0.15, 0.2) is 5.16 Å². The molecule has 1 aliphatic rings. The number of aliphatic hydroxyl groups excluding tert-OH is 1. The van der Waals surface area contributed by atoms with Gasteiger partial charge in [-0.25, -0.2) is 0 Å².